The second-order valence-corrected chi connectivity index (χ2v) is 2.94. The lowest BCUT2D eigenvalue weighted by Gasteiger charge is -2.00. The Morgan fingerprint density at radius 3 is 2.40 bits per heavy atom. The van der Waals surface area contributed by atoms with Crippen molar-refractivity contribution < 1.29 is 8.78 Å². The number of aromatic nitrogens is 2. The summed E-state index contributed by atoms with van der Waals surface area (Å²) in [5, 5.41) is 0. The van der Waals surface area contributed by atoms with Crippen LogP contribution in [0.15, 0.2) is 35.3 Å². The van der Waals surface area contributed by atoms with E-state index in [0.717, 1.165) is 18.2 Å². The minimum atomic E-state index is -0.712. The summed E-state index contributed by atoms with van der Waals surface area (Å²) in [6.45, 7) is 0. The molecule has 2 rings (SSSR count). The molecule has 2 aromatic rings. The van der Waals surface area contributed by atoms with Crippen LogP contribution in [0.25, 0.3) is 11.4 Å². The highest BCUT2D eigenvalue weighted by atomic mass is 19.1. The summed E-state index contributed by atoms with van der Waals surface area (Å²) in [6.07, 6.45) is 1.27. The van der Waals surface area contributed by atoms with Crippen LogP contribution in [0.3, 0.4) is 0 Å². The van der Waals surface area contributed by atoms with Crippen LogP contribution in [-0.4, -0.2) is 9.97 Å². The smallest absolute Gasteiger partial charge is 0.251 e. The zero-order valence-electron chi connectivity index (χ0n) is 7.50. The molecule has 0 spiro atoms. The van der Waals surface area contributed by atoms with E-state index in [-0.39, 0.29) is 16.9 Å². The topological polar surface area (TPSA) is 45.8 Å². The Morgan fingerprint density at radius 2 is 1.80 bits per heavy atom. The van der Waals surface area contributed by atoms with E-state index >= 15 is 0 Å². The molecule has 0 fully saturated rings. The predicted molar refractivity (Wildman–Crippen MR) is 50.2 cm³/mol. The van der Waals surface area contributed by atoms with Gasteiger partial charge in [-0.1, -0.05) is 0 Å². The minimum Gasteiger partial charge on any atom is -0.307 e. The fourth-order valence-corrected chi connectivity index (χ4v) is 1.21. The summed E-state index contributed by atoms with van der Waals surface area (Å²) in [7, 11) is 0. The van der Waals surface area contributed by atoms with Crippen LogP contribution < -0.4 is 5.56 Å². The van der Waals surface area contributed by atoms with E-state index < -0.39 is 11.6 Å². The first-order valence-electron chi connectivity index (χ1n) is 4.17. The van der Waals surface area contributed by atoms with Crippen molar-refractivity contribution in [2.24, 2.45) is 0 Å². The average molecular weight is 208 g/mol. The lowest BCUT2D eigenvalue weighted by molar-refractivity contribution is 0.584. The van der Waals surface area contributed by atoms with Crippen LogP contribution in [0.4, 0.5) is 8.78 Å². The fourth-order valence-electron chi connectivity index (χ4n) is 1.21. The van der Waals surface area contributed by atoms with Crippen LogP contribution in [0.5, 0.6) is 0 Å². The number of rotatable bonds is 1. The maximum atomic E-state index is 12.9. The fraction of sp³-hybridized carbons (Fsp3) is 0. The Balaban J connectivity index is 2.58. The van der Waals surface area contributed by atoms with E-state index in [1.54, 1.807) is 0 Å². The van der Waals surface area contributed by atoms with Crippen LogP contribution in [0.2, 0.25) is 0 Å². The molecular weight excluding hydrogens is 202 g/mol. The number of hydrogen-bond acceptors (Lipinski definition) is 2. The average Bonchev–Trinajstić information content (AvgIpc) is 2.16. The maximum Gasteiger partial charge on any atom is 0.251 e. The number of halogens is 2. The Kier molecular flexibility index (Phi) is 2.29. The molecule has 0 saturated carbocycles. The molecule has 1 N–H and O–H groups in total. The van der Waals surface area contributed by atoms with Gasteiger partial charge in [0.15, 0.2) is 0 Å². The van der Waals surface area contributed by atoms with Gasteiger partial charge in [-0.05, 0) is 12.1 Å². The molecule has 0 aliphatic heterocycles. The molecule has 0 bridgehead atoms. The van der Waals surface area contributed by atoms with E-state index in [1.807, 2.05) is 0 Å². The quantitative estimate of drug-likeness (QED) is 0.775. The Labute approximate surface area is 83.4 Å². The highest BCUT2D eigenvalue weighted by molar-refractivity contribution is 5.54. The molecule has 0 amide bonds. The van der Waals surface area contributed by atoms with E-state index in [9.17, 15) is 13.6 Å². The van der Waals surface area contributed by atoms with E-state index in [2.05, 4.69) is 9.97 Å². The van der Waals surface area contributed by atoms with Crippen LogP contribution in [0.1, 0.15) is 0 Å². The SMILES string of the molecule is O=c1ccnc(-c2cc(F)cc(F)c2)[nH]1. The van der Waals surface area contributed by atoms with Gasteiger partial charge in [0.1, 0.15) is 17.5 Å². The van der Waals surface area contributed by atoms with Crippen LogP contribution in [0, 0.1) is 11.6 Å². The number of hydrogen-bond donors (Lipinski definition) is 1. The van der Waals surface area contributed by atoms with Crippen LogP contribution in [-0.2, 0) is 0 Å². The third kappa shape index (κ3) is 2.07. The van der Waals surface area contributed by atoms with Crippen molar-refractivity contribution in [2.75, 3.05) is 0 Å². The molecule has 0 saturated heterocycles. The number of benzene rings is 1. The van der Waals surface area contributed by atoms with Crippen LogP contribution >= 0.6 is 0 Å². The second-order valence-electron chi connectivity index (χ2n) is 2.94. The molecule has 1 aromatic heterocycles. The maximum absolute atomic E-state index is 12.9. The summed E-state index contributed by atoms with van der Waals surface area (Å²) >= 11 is 0. The number of H-pyrrole nitrogens is 1. The summed E-state index contributed by atoms with van der Waals surface area (Å²) in [4.78, 5) is 17.1. The van der Waals surface area contributed by atoms with Crippen molar-refractivity contribution in [1.82, 2.24) is 9.97 Å². The van der Waals surface area contributed by atoms with Gasteiger partial charge in [-0.25, -0.2) is 13.8 Å². The number of nitrogens with zero attached hydrogens (tertiary/aromatic N) is 1. The van der Waals surface area contributed by atoms with Gasteiger partial charge in [0, 0.05) is 23.9 Å². The molecule has 1 heterocycles. The van der Waals surface area contributed by atoms with E-state index in [1.165, 1.54) is 12.3 Å². The third-order valence-electron chi connectivity index (χ3n) is 1.81. The standard InChI is InChI=1S/C10H6F2N2O/c11-7-3-6(4-8(12)5-7)10-13-2-1-9(15)14-10/h1-5H,(H,13,14,15). The molecular formula is C10H6F2N2O. The molecule has 3 nitrogen and oxygen atoms in total. The first-order chi connectivity index (χ1) is 7.15. The van der Waals surface area contributed by atoms with Gasteiger partial charge in [-0.15, -0.1) is 0 Å². The molecule has 5 heteroatoms. The Bertz CT molecular complexity index is 531. The summed E-state index contributed by atoms with van der Waals surface area (Å²) in [5.74, 6) is -1.28. The predicted octanol–water partition coefficient (Wildman–Crippen LogP) is 1.72. The van der Waals surface area contributed by atoms with Gasteiger partial charge in [-0.3, -0.25) is 4.79 Å². The highest BCUT2D eigenvalue weighted by Crippen LogP contribution is 2.16. The lowest BCUT2D eigenvalue weighted by atomic mass is 10.2. The summed E-state index contributed by atoms with van der Waals surface area (Å²) < 4.78 is 25.7. The van der Waals surface area contributed by atoms with Crippen molar-refractivity contribution >= 4 is 0 Å². The molecule has 15 heavy (non-hydrogen) atoms. The Morgan fingerprint density at radius 1 is 1.13 bits per heavy atom. The monoisotopic (exact) mass is 208 g/mol. The van der Waals surface area contributed by atoms with Crippen molar-refractivity contribution in [3.63, 3.8) is 0 Å². The first kappa shape index (κ1) is 9.51. The molecule has 0 aliphatic rings. The zero-order chi connectivity index (χ0) is 10.8. The minimum absolute atomic E-state index is 0.140. The molecule has 0 radical (unpaired) electrons. The first-order valence-corrected chi connectivity index (χ1v) is 4.17. The van der Waals surface area contributed by atoms with Gasteiger partial charge in [0.2, 0.25) is 0 Å². The largest absolute Gasteiger partial charge is 0.307 e. The van der Waals surface area contributed by atoms with Crippen molar-refractivity contribution in [1.29, 1.82) is 0 Å². The molecule has 0 aliphatic carbocycles. The summed E-state index contributed by atoms with van der Waals surface area (Å²) in [5.41, 5.74) is -0.171. The molecule has 1 aromatic carbocycles. The van der Waals surface area contributed by atoms with Gasteiger partial charge < -0.3 is 4.98 Å². The second kappa shape index (κ2) is 3.61. The number of nitrogens with one attached hydrogen (secondary N) is 1. The van der Waals surface area contributed by atoms with E-state index in [0.29, 0.717) is 0 Å². The van der Waals surface area contributed by atoms with Crippen molar-refractivity contribution in [3.8, 4) is 11.4 Å². The highest BCUT2D eigenvalue weighted by Gasteiger charge is 2.04. The van der Waals surface area contributed by atoms with Gasteiger partial charge >= 0.3 is 0 Å². The van der Waals surface area contributed by atoms with Crippen molar-refractivity contribution in [2.45, 2.75) is 0 Å². The number of aromatic amines is 1. The third-order valence-corrected chi connectivity index (χ3v) is 1.81. The van der Waals surface area contributed by atoms with Gasteiger partial charge in [0.25, 0.3) is 5.56 Å². The molecule has 76 valence electrons. The normalized spacial score (nSPS) is 10.3. The molecule has 0 atom stereocenters. The summed E-state index contributed by atoms with van der Waals surface area (Å²) in [6, 6.07) is 4.17. The van der Waals surface area contributed by atoms with Crippen molar-refractivity contribution in [3.05, 3.63) is 52.5 Å². The van der Waals surface area contributed by atoms with E-state index in [4.69, 9.17) is 0 Å². The van der Waals surface area contributed by atoms with Gasteiger partial charge in [-0.2, -0.15) is 0 Å². The lowest BCUT2D eigenvalue weighted by Crippen LogP contribution is -2.06. The molecule has 0 unspecified atom stereocenters. The Hall–Kier alpha value is -2.04. The van der Waals surface area contributed by atoms with Gasteiger partial charge in [0.05, 0.1) is 0 Å². The zero-order valence-corrected chi connectivity index (χ0v) is 7.50.